The number of nitro benzene ring substituents is 1. The highest BCUT2D eigenvalue weighted by Crippen LogP contribution is 2.28. The van der Waals surface area contributed by atoms with Crippen molar-refractivity contribution in [3.8, 4) is 0 Å². The van der Waals surface area contributed by atoms with Crippen LogP contribution in [0.15, 0.2) is 41.3 Å². The van der Waals surface area contributed by atoms with E-state index in [0.29, 0.717) is 4.90 Å². The first-order valence-electron chi connectivity index (χ1n) is 7.52. The minimum absolute atomic E-state index is 0.0519. The lowest BCUT2D eigenvalue weighted by Crippen LogP contribution is -2.30. The highest BCUT2D eigenvalue weighted by molar-refractivity contribution is 7.98. The summed E-state index contributed by atoms with van der Waals surface area (Å²) in [5.74, 6) is -2.18. The van der Waals surface area contributed by atoms with E-state index < -0.39 is 28.7 Å². The molecule has 142 valence electrons. The second kappa shape index (κ2) is 8.83. The quantitative estimate of drug-likeness (QED) is 0.329. The van der Waals surface area contributed by atoms with Gasteiger partial charge in [0, 0.05) is 11.8 Å². The number of hydrogen-bond donors (Lipinski definition) is 1. The number of esters is 1. The third-order valence-corrected chi connectivity index (χ3v) is 4.53. The zero-order valence-corrected chi connectivity index (χ0v) is 15.8. The molecule has 1 N–H and O–H groups in total. The molecule has 0 aliphatic rings. The largest absolute Gasteiger partial charge is 0.449 e. The topological polar surface area (TPSA) is 98.5 Å². The lowest BCUT2D eigenvalue weighted by atomic mass is 10.2. The summed E-state index contributed by atoms with van der Waals surface area (Å²) in [6.45, 7) is 1.34. The SMILES string of the molecule is CSc1ccc(C(=O)O[C@@H](C)C(=O)Nc2ccc(F)c(Cl)c2)cc1[N+](=O)[O-]. The van der Waals surface area contributed by atoms with E-state index in [1.165, 1.54) is 43.0 Å². The van der Waals surface area contributed by atoms with Gasteiger partial charge in [-0.2, -0.15) is 0 Å². The number of thioether (sulfide) groups is 1. The van der Waals surface area contributed by atoms with Gasteiger partial charge in [0.1, 0.15) is 5.82 Å². The van der Waals surface area contributed by atoms with E-state index in [-0.39, 0.29) is 22.0 Å². The first kappa shape index (κ1) is 20.7. The number of nitrogens with one attached hydrogen (secondary N) is 1. The number of carbonyl (C=O) groups is 2. The fourth-order valence-electron chi connectivity index (χ4n) is 2.06. The van der Waals surface area contributed by atoms with Crippen molar-refractivity contribution in [2.75, 3.05) is 11.6 Å². The van der Waals surface area contributed by atoms with Gasteiger partial charge in [0.05, 0.1) is 20.4 Å². The zero-order chi connectivity index (χ0) is 20.1. The molecule has 0 unspecified atom stereocenters. The standard InChI is InChI=1S/C17H14ClFN2O5S/c1-9(16(22)20-11-4-5-13(19)12(18)8-11)26-17(23)10-3-6-15(27-2)14(7-10)21(24)25/h3-9H,1-2H3,(H,20,22)/t9-/m0/s1. The van der Waals surface area contributed by atoms with E-state index in [9.17, 15) is 24.1 Å². The normalized spacial score (nSPS) is 11.6. The monoisotopic (exact) mass is 412 g/mol. The molecule has 0 aliphatic carbocycles. The number of amides is 1. The molecular formula is C17H14ClFN2O5S. The lowest BCUT2D eigenvalue weighted by molar-refractivity contribution is -0.387. The predicted octanol–water partition coefficient (Wildman–Crippen LogP) is 4.29. The van der Waals surface area contributed by atoms with E-state index >= 15 is 0 Å². The molecule has 0 spiro atoms. The van der Waals surface area contributed by atoms with E-state index in [1.807, 2.05) is 0 Å². The van der Waals surface area contributed by atoms with Crippen LogP contribution < -0.4 is 5.32 Å². The Labute approximate surface area is 163 Å². The predicted molar refractivity (Wildman–Crippen MR) is 99.8 cm³/mol. The zero-order valence-electron chi connectivity index (χ0n) is 14.2. The summed E-state index contributed by atoms with van der Waals surface area (Å²) in [6, 6.07) is 7.52. The number of carbonyl (C=O) groups excluding carboxylic acids is 2. The van der Waals surface area contributed by atoms with Crippen molar-refractivity contribution in [1.82, 2.24) is 0 Å². The Kier molecular flexibility index (Phi) is 6.75. The molecule has 27 heavy (non-hydrogen) atoms. The molecule has 0 bridgehead atoms. The Bertz CT molecular complexity index is 909. The summed E-state index contributed by atoms with van der Waals surface area (Å²) < 4.78 is 18.2. The fraction of sp³-hybridized carbons (Fsp3) is 0.176. The van der Waals surface area contributed by atoms with Crippen LogP contribution in [0, 0.1) is 15.9 Å². The molecule has 0 radical (unpaired) electrons. The maximum Gasteiger partial charge on any atom is 0.339 e. The van der Waals surface area contributed by atoms with Gasteiger partial charge in [0.25, 0.3) is 11.6 Å². The minimum Gasteiger partial charge on any atom is -0.449 e. The van der Waals surface area contributed by atoms with Crippen molar-refractivity contribution < 1.29 is 23.6 Å². The van der Waals surface area contributed by atoms with Gasteiger partial charge in [-0.1, -0.05) is 11.6 Å². The number of halogens is 2. The number of benzene rings is 2. The van der Waals surface area contributed by atoms with Crippen molar-refractivity contribution in [3.63, 3.8) is 0 Å². The van der Waals surface area contributed by atoms with Crippen LogP contribution in [0.2, 0.25) is 5.02 Å². The number of nitrogens with zero attached hydrogens (tertiary/aromatic N) is 1. The second-order valence-electron chi connectivity index (χ2n) is 5.31. The van der Waals surface area contributed by atoms with Gasteiger partial charge in [-0.15, -0.1) is 11.8 Å². The van der Waals surface area contributed by atoms with Crippen LogP contribution in [-0.2, 0) is 9.53 Å². The van der Waals surface area contributed by atoms with Crippen LogP contribution in [0.1, 0.15) is 17.3 Å². The molecule has 7 nitrogen and oxygen atoms in total. The lowest BCUT2D eigenvalue weighted by Gasteiger charge is -2.14. The first-order chi connectivity index (χ1) is 12.7. The molecule has 0 aromatic heterocycles. The van der Waals surface area contributed by atoms with Crippen molar-refractivity contribution in [2.24, 2.45) is 0 Å². The molecular weight excluding hydrogens is 399 g/mol. The highest BCUT2D eigenvalue weighted by atomic mass is 35.5. The summed E-state index contributed by atoms with van der Waals surface area (Å²) in [5.41, 5.74) is -0.0479. The molecule has 0 saturated carbocycles. The average molecular weight is 413 g/mol. The van der Waals surface area contributed by atoms with E-state index in [1.54, 1.807) is 6.26 Å². The molecule has 1 atom stereocenters. The summed E-state index contributed by atoms with van der Waals surface area (Å²) in [6.07, 6.45) is 0.481. The Morgan fingerprint density at radius 3 is 2.59 bits per heavy atom. The van der Waals surface area contributed by atoms with E-state index in [4.69, 9.17) is 16.3 Å². The maximum atomic E-state index is 13.1. The van der Waals surface area contributed by atoms with E-state index in [2.05, 4.69) is 5.32 Å². The van der Waals surface area contributed by atoms with Gasteiger partial charge in [-0.05, 0) is 43.5 Å². The smallest absolute Gasteiger partial charge is 0.339 e. The molecule has 0 fully saturated rings. The molecule has 0 heterocycles. The maximum absolute atomic E-state index is 13.1. The van der Waals surface area contributed by atoms with Crippen molar-refractivity contribution >= 4 is 46.6 Å². The first-order valence-corrected chi connectivity index (χ1v) is 9.12. The average Bonchev–Trinajstić information content (AvgIpc) is 2.63. The summed E-state index contributed by atoms with van der Waals surface area (Å²) in [7, 11) is 0. The third-order valence-electron chi connectivity index (χ3n) is 3.45. The number of anilines is 1. The van der Waals surface area contributed by atoms with Gasteiger partial charge in [-0.3, -0.25) is 14.9 Å². The number of hydrogen-bond acceptors (Lipinski definition) is 6. The Hall–Kier alpha value is -2.65. The fourth-order valence-corrected chi connectivity index (χ4v) is 2.79. The Morgan fingerprint density at radius 2 is 2.00 bits per heavy atom. The summed E-state index contributed by atoms with van der Waals surface area (Å²) in [5, 5.41) is 13.3. The van der Waals surface area contributed by atoms with Crippen LogP contribution in [-0.4, -0.2) is 29.2 Å². The number of nitro groups is 1. The van der Waals surface area contributed by atoms with Gasteiger partial charge in [-0.25, -0.2) is 9.18 Å². The van der Waals surface area contributed by atoms with Crippen LogP contribution in [0.4, 0.5) is 15.8 Å². The molecule has 2 aromatic rings. The highest BCUT2D eigenvalue weighted by Gasteiger charge is 2.22. The van der Waals surface area contributed by atoms with Gasteiger partial charge < -0.3 is 10.1 Å². The Balaban J connectivity index is 2.08. The molecule has 0 saturated heterocycles. The van der Waals surface area contributed by atoms with Crippen LogP contribution in [0.25, 0.3) is 0 Å². The van der Waals surface area contributed by atoms with Crippen LogP contribution in [0.5, 0.6) is 0 Å². The molecule has 2 rings (SSSR count). The molecule has 2 aromatic carbocycles. The summed E-state index contributed by atoms with van der Waals surface area (Å²) >= 11 is 6.81. The molecule has 0 aliphatic heterocycles. The van der Waals surface area contributed by atoms with Crippen LogP contribution in [0.3, 0.4) is 0 Å². The third kappa shape index (κ3) is 5.18. The summed E-state index contributed by atoms with van der Waals surface area (Å²) in [4.78, 5) is 35.2. The molecule has 1 amide bonds. The number of rotatable bonds is 6. The second-order valence-corrected chi connectivity index (χ2v) is 6.56. The van der Waals surface area contributed by atoms with Gasteiger partial charge in [0.15, 0.2) is 6.10 Å². The van der Waals surface area contributed by atoms with Crippen molar-refractivity contribution in [2.45, 2.75) is 17.9 Å². The van der Waals surface area contributed by atoms with Gasteiger partial charge >= 0.3 is 5.97 Å². The van der Waals surface area contributed by atoms with Crippen molar-refractivity contribution in [1.29, 1.82) is 0 Å². The minimum atomic E-state index is -1.19. The van der Waals surface area contributed by atoms with Crippen LogP contribution >= 0.6 is 23.4 Å². The number of ether oxygens (including phenoxy) is 1. The van der Waals surface area contributed by atoms with Crippen molar-refractivity contribution in [3.05, 3.63) is 62.9 Å². The molecule has 10 heteroatoms. The van der Waals surface area contributed by atoms with Gasteiger partial charge in [0.2, 0.25) is 0 Å². The Morgan fingerprint density at radius 1 is 1.30 bits per heavy atom. The van der Waals surface area contributed by atoms with E-state index in [0.717, 1.165) is 12.1 Å².